The number of nitrogens with zero attached hydrogens (tertiary/aromatic N) is 7. The zero-order valence-electron chi connectivity index (χ0n) is 32.1. The molecule has 15 heteroatoms. The molecule has 6 aliphatic heterocycles. The third kappa shape index (κ3) is 7.26. The molecule has 300 valence electrons. The fourth-order valence-electron chi connectivity index (χ4n) is 9.81. The molecular formula is C43H45ClN8O6. The summed E-state index contributed by atoms with van der Waals surface area (Å²) < 4.78 is 6.25. The lowest BCUT2D eigenvalue weighted by Crippen LogP contribution is -2.54. The van der Waals surface area contributed by atoms with E-state index in [9.17, 15) is 29.2 Å². The van der Waals surface area contributed by atoms with Crippen molar-refractivity contribution in [3.8, 4) is 11.8 Å². The van der Waals surface area contributed by atoms with Gasteiger partial charge in [-0.15, -0.1) is 0 Å². The molecule has 0 aliphatic carbocycles. The number of aromatic nitrogens is 1. The van der Waals surface area contributed by atoms with Crippen LogP contribution >= 0.6 is 11.6 Å². The van der Waals surface area contributed by atoms with Gasteiger partial charge in [0.2, 0.25) is 11.8 Å². The van der Waals surface area contributed by atoms with E-state index in [-0.39, 0.29) is 36.9 Å². The van der Waals surface area contributed by atoms with Gasteiger partial charge in [0.25, 0.3) is 17.7 Å². The second-order valence-electron chi connectivity index (χ2n) is 16.4. The van der Waals surface area contributed by atoms with Crippen LogP contribution in [-0.2, 0) is 9.59 Å². The van der Waals surface area contributed by atoms with Crippen LogP contribution in [-0.4, -0.2) is 119 Å². The fraction of sp³-hybridized carbons (Fsp3) is 0.465. The number of pyridine rings is 1. The summed E-state index contributed by atoms with van der Waals surface area (Å²) in [5.41, 5.74) is 2.53. The van der Waals surface area contributed by atoms with Gasteiger partial charge in [-0.2, -0.15) is 5.26 Å². The molecular weight excluding hydrogens is 760 g/mol. The Kier molecular flexibility index (Phi) is 10.3. The minimum Gasteiger partial charge on any atom is -0.490 e. The maximum absolute atomic E-state index is 13.7. The molecule has 5 fully saturated rings. The Morgan fingerprint density at radius 1 is 0.845 bits per heavy atom. The highest BCUT2D eigenvalue weighted by atomic mass is 35.5. The number of hydrogen-bond acceptors (Lipinski definition) is 11. The topological polar surface area (TPSA) is 159 Å². The van der Waals surface area contributed by atoms with Crippen molar-refractivity contribution in [1.29, 1.82) is 5.26 Å². The number of nitriles is 1. The van der Waals surface area contributed by atoms with Gasteiger partial charge in [-0.3, -0.25) is 39.1 Å². The number of hydrogen-bond donors (Lipinski definition) is 1. The Morgan fingerprint density at radius 3 is 2.26 bits per heavy atom. The summed E-state index contributed by atoms with van der Waals surface area (Å²) in [6.07, 6.45) is 7.38. The Labute approximate surface area is 341 Å². The molecule has 0 radical (unpaired) electrons. The maximum Gasteiger partial charge on any atom is 0.262 e. The Bertz CT molecular complexity index is 2180. The first-order valence-electron chi connectivity index (χ1n) is 20.4. The Balaban J connectivity index is 0.730. The summed E-state index contributed by atoms with van der Waals surface area (Å²) in [7, 11) is 0. The molecule has 5 amide bonds. The zero-order chi connectivity index (χ0) is 40.1. The summed E-state index contributed by atoms with van der Waals surface area (Å²) in [5, 5.41) is 11.8. The highest BCUT2D eigenvalue weighted by Crippen LogP contribution is 2.39. The van der Waals surface area contributed by atoms with Gasteiger partial charge in [0, 0.05) is 95.1 Å². The molecule has 6 aliphatic rings. The van der Waals surface area contributed by atoms with Crippen LogP contribution in [0.5, 0.6) is 5.75 Å². The van der Waals surface area contributed by atoms with Crippen LogP contribution in [0.2, 0.25) is 5.02 Å². The maximum atomic E-state index is 13.7. The third-order valence-corrected chi connectivity index (χ3v) is 13.2. The fourth-order valence-corrected chi connectivity index (χ4v) is 10.0. The number of imide groups is 2. The number of amides is 5. The molecule has 3 aromatic rings. The van der Waals surface area contributed by atoms with Crippen LogP contribution < -0.4 is 19.9 Å². The first-order chi connectivity index (χ1) is 28.1. The third-order valence-electron chi connectivity index (χ3n) is 12.9. The monoisotopic (exact) mass is 804 g/mol. The van der Waals surface area contributed by atoms with Crippen molar-refractivity contribution in [3.63, 3.8) is 0 Å². The van der Waals surface area contributed by atoms with E-state index in [1.165, 1.54) is 0 Å². The molecule has 5 saturated heterocycles. The van der Waals surface area contributed by atoms with E-state index in [0.29, 0.717) is 38.9 Å². The molecule has 4 atom stereocenters. The minimum absolute atomic E-state index is 0.0157. The van der Waals surface area contributed by atoms with Crippen LogP contribution in [0.15, 0.2) is 54.7 Å². The second kappa shape index (κ2) is 15.7. The molecule has 0 saturated carbocycles. The zero-order valence-corrected chi connectivity index (χ0v) is 32.9. The molecule has 1 unspecified atom stereocenters. The molecule has 1 aromatic heterocycles. The van der Waals surface area contributed by atoms with Crippen molar-refractivity contribution in [2.45, 2.75) is 75.6 Å². The molecule has 0 spiro atoms. The van der Waals surface area contributed by atoms with Crippen LogP contribution in [0.1, 0.15) is 88.0 Å². The van der Waals surface area contributed by atoms with E-state index in [1.54, 1.807) is 36.5 Å². The quantitative estimate of drug-likeness (QED) is 0.325. The van der Waals surface area contributed by atoms with E-state index < -0.39 is 29.7 Å². The van der Waals surface area contributed by atoms with Crippen molar-refractivity contribution in [2.24, 2.45) is 5.92 Å². The lowest BCUT2D eigenvalue weighted by molar-refractivity contribution is -0.136. The number of carbonyl (C=O) groups is 5. The number of ether oxygens (including phenoxy) is 1. The van der Waals surface area contributed by atoms with Crippen molar-refractivity contribution >= 4 is 52.6 Å². The number of anilines is 2. The first kappa shape index (κ1) is 38.0. The van der Waals surface area contributed by atoms with Crippen LogP contribution in [0.4, 0.5) is 11.5 Å². The second-order valence-corrected chi connectivity index (χ2v) is 16.8. The van der Waals surface area contributed by atoms with E-state index in [0.717, 1.165) is 101 Å². The summed E-state index contributed by atoms with van der Waals surface area (Å²) >= 11 is 6.22. The largest absolute Gasteiger partial charge is 0.490 e. The first-order valence-corrected chi connectivity index (χ1v) is 20.7. The van der Waals surface area contributed by atoms with E-state index in [2.05, 4.69) is 26.1 Å². The number of piperidine rings is 3. The van der Waals surface area contributed by atoms with E-state index in [1.807, 2.05) is 23.1 Å². The lowest BCUT2D eigenvalue weighted by Gasteiger charge is -2.40. The summed E-state index contributed by atoms with van der Waals surface area (Å²) in [4.78, 5) is 79.1. The predicted octanol–water partition coefficient (Wildman–Crippen LogP) is 4.26. The highest BCUT2D eigenvalue weighted by Gasteiger charge is 2.46. The number of benzene rings is 2. The number of rotatable bonds is 8. The summed E-state index contributed by atoms with van der Waals surface area (Å²) in [6.45, 7) is 6.30. The minimum atomic E-state index is -0.972. The molecule has 2 aromatic carbocycles. The number of nitrogens with one attached hydrogen (secondary N) is 1. The molecule has 14 nitrogen and oxygen atoms in total. The van der Waals surface area contributed by atoms with E-state index in [4.69, 9.17) is 21.3 Å². The molecule has 1 N–H and O–H groups in total. The normalized spacial score (nSPS) is 25.2. The molecule has 9 rings (SSSR count). The van der Waals surface area contributed by atoms with Crippen LogP contribution in [0, 0.1) is 17.2 Å². The summed E-state index contributed by atoms with van der Waals surface area (Å²) in [5.74, 6) is 0.137. The standard InChI is InChI=1S/C43H45ClN8O6/c44-36-22-32(6-1-27(36)23-45)58-33-19-30-3-4-31(20-33)51(30)41(55)28-2-9-38(46-24-28)50-17-15-48(16-18-50)25-26-11-13-49(14-12-26)29-5-7-34-35(21-29)43(57)52(42(34)56)37-8-10-39(53)47-40(37)54/h1-2,5-7,9,21-22,24,26,30-31,33,37H,3-4,8,10-20,25H2,(H,47,53,54)/t30-,31+,33+,37?. The van der Waals surface area contributed by atoms with Gasteiger partial charge >= 0.3 is 0 Å². The SMILES string of the molecule is N#Cc1ccc(O[C@H]2C[C@H]3CC[C@@H](C2)N3C(=O)c2ccc(N3CCN(CC4CCN(c5ccc6c(c5)C(=O)N(C5CCC(=O)NC5=O)C6=O)CC4)CC3)nc2)cc1Cl. The van der Waals surface area contributed by atoms with E-state index >= 15 is 0 Å². The Hall–Kier alpha value is -5.52. The predicted molar refractivity (Wildman–Crippen MR) is 214 cm³/mol. The van der Waals surface area contributed by atoms with Crippen molar-refractivity contribution < 1.29 is 28.7 Å². The van der Waals surface area contributed by atoms with Gasteiger partial charge in [-0.25, -0.2) is 4.98 Å². The average molecular weight is 805 g/mol. The highest BCUT2D eigenvalue weighted by molar-refractivity contribution is 6.31. The van der Waals surface area contributed by atoms with Gasteiger partial charge in [-0.1, -0.05) is 11.6 Å². The van der Waals surface area contributed by atoms with Crippen molar-refractivity contribution in [2.75, 3.05) is 55.6 Å². The number of piperazine rings is 1. The molecule has 58 heavy (non-hydrogen) atoms. The van der Waals surface area contributed by atoms with Crippen molar-refractivity contribution in [3.05, 3.63) is 82.0 Å². The molecule has 7 heterocycles. The lowest BCUT2D eigenvalue weighted by atomic mass is 9.95. The van der Waals surface area contributed by atoms with Gasteiger partial charge in [0.15, 0.2) is 0 Å². The van der Waals surface area contributed by atoms with Gasteiger partial charge in [0.1, 0.15) is 29.8 Å². The van der Waals surface area contributed by atoms with Crippen molar-refractivity contribution in [1.82, 2.24) is 25.0 Å². The van der Waals surface area contributed by atoms with Crippen LogP contribution in [0.25, 0.3) is 0 Å². The number of carbonyl (C=O) groups excluding carboxylic acids is 5. The number of fused-ring (bicyclic) bond motifs is 3. The van der Waals surface area contributed by atoms with Gasteiger partial charge in [0.05, 0.1) is 27.3 Å². The number of halogens is 1. The summed E-state index contributed by atoms with van der Waals surface area (Å²) in [6, 6.07) is 15.7. The van der Waals surface area contributed by atoms with Crippen LogP contribution in [0.3, 0.4) is 0 Å². The Morgan fingerprint density at radius 2 is 1.59 bits per heavy atom. The van der Waals surface area contributed by atoms with Gasteiger partial charge in [-0.05, 0) is 80.5 Å². The smallest absolute Gasteiger partial charge is 0.262 e. The molecule has 2 bridgehead atoms. The average Bonchev–Trinajstić information content (AvgIpc) is 3.65. The van der Waals surface area contributed by atoms with Gasteiger partial charge < -0.3 is 19.4 Å².